The van der Waals surface area contributed by atoms with E-state index in [0.29, 0.717) is 23.4 Å². The number of nitrogens with one attached hydrogen (secondary N) is 2. The van der Waals surface area contributed by atoms with E-state index >= 15 is 0 Å². The summed E-state index contributed by atoms with van der Waals surface area (Å²) >= 11 is 1.27. The number of rotatable bonds is 8. The third-order valence-electron chi connectivity index (χ3n) is 3.85. The lowest BCUT2D eigenvalue weighted by molar-refractivity contribution is -0.142. The Morgan fingerprint density at radius 3 is 2.71 bits per heavy atom. The SMILES string of the molecule is CCOC(=O)Cc1csc(NC(=O)Nc2ccc(C)cc2N(C)CC(C)C)n1. The topological polar surface area (TPSA) is 83.6 Å². The fraction of sp³-hybridized carbons (Fsp3) is 0.450. The quantitative estimate of drug-likeness (QED) is 0.641. The molecule has 28 heavy (non-hydrogen) atoms. The van der Waals surface area contributed by atoms with Gasteiger partial charge in [0.25, 0.3) is 0 Å². The lowest BCUT2D eigenvalue weighted by atomic mass is 10.1. The number of hydrogen-bond donors (Lipinski definition) is 2. The predicted molar refractivity (Wildman–Crippen MR) is 114 cm³/mol. The number of anilines is 3. The van der Waals surface area contributed by atoms with Gasteiger partial charge in [0.05, 0.1) is 30.1 Å². The molecule has 8 heteroatoms. The second-order valence-corrected chi connectivity index (χ2v) is 7.86. The van der Waals surface area contributed by atoms with Crippen LogP contribution in [-0.2, 0) is 16.0 Å². The number of urea groups is 1. The van der Waals surface area contributed by atoms with Gasteiger partial charge in [0, 0.05) is 19.0 Å². The fourth-order valence-corrected chi connectivity index (χ4v) is 3.47. The Morgan fingerprint density at radius 1 is 1.29 bits per heavy atom. The summed E-state index contributed by atoms with van der Waals surface area (Å²) in [6.45, 7) is 9.31. The van der Waals surface area contributed by atoms with Gasteiger partial charge in [-0.2, -0.15) is 0 Å². The molecule has 7 nitrogen and oxygen atoms in total. The van der Waals surface area contributed by atoms with Gasteiger partial charge in [-0.25, -0.2) is 9.78 Å². The first-order chi connectivity index (χ1) is 13.3. The number of nitrogens with zero attached hydrogens (tertiary/aromatic N) is 2. The van der Waals surface area contributed by atoms with Gasteiger partial charge < -0.3 is 15.0 Å². The van der Waals surface area contributed by atoms with Crippen molar-refractivity contribution in [2.45, 2.75) is 34.1 Å². The minimum absolute atomic E-state index is 0.0930. The Labute approximate surface area is 170 Å². The zero-order chi connectivity index (χ0) is 20.7. The standard InChI is InChI=1S/C20H28N4O3S/c1-6-27-18(25)10-15-12-28-20(21-15)23-19(26)22-16-8-7-14(4)9-17(16)24(5)11-13(2)3/h7-9,12-13H,6,10-11H2,1-5H3,(H2,21,22,23,26). The van der Waals surface area contributed by atoms with Crippen LogP contribution in [0.25, 0.3) is 0 Å². The van der Waals surface area contributed by atoms with E-state index in [0.717, 1.165) is 23.5 Å². The molecule has 0 aliphatic rings. The van der Waals surface area contributed by atoms with Gasteiger partial charge in [0.1, 0.15) is 0 Å². The molecule has 2 aromatic rings. The van der Waals surface area contributed by atoms with Crippen molar-refractivity contribution in [3.05, 3.63) is 34.8 Å². The average molecular weight is 405 g/mol. The Hall–Kier alpha value is -2.61. The minimum Gasteiger partial charge on any atom is -0.466 e. The number of aryl methyl sites for hydroxylation is 1. The molecule has 1 heterocycles. The number of aromatic nitrogens is 1. The molecule has 0 fully saturated rings. The predicted octanol–water partition coefficient (Wildman–Crippen LogP) is 4.29. The summed E-state index contributed by atoms with van der Waals surface area (Å²) in [5.41, 5.74) is 3.40. The molecule has 0 radical (unpaired) electrons. The van der Waals surface area contributed by atoms with Crippen LogP contribution in [0.1, 0.15) is 32.0 Å². The molecule has 0 aliphatic carbocycles. The zero-order valence-corrected chi connectivity index (χ0v) is 17.9. The van der Waals surface area contributed by atoms with Gasteiger partial charge in [0.15, 0.2) is 5.13 Å². The maximum atomic E-state index is 12.4. The van der Waals surface area contributed by atoms with Crippen molar-refractivity contribution in [3.63, 3.8) is 0 Å². The van der Waals surface area contributed by atoms with Gasteiger partial charge in [0.2, 0.25) is 0 Å². The number of thiazole rings is 1. The molecule has 1 aromatic heterocycles. The first-order valence-electron chi connectivity index (χ1n) is 9.28. The molecule has 2 N–H and O–H groups in total. The van der Waals surface area contributed by atoms with E-state index in [4.69, 9.17) is 4.74 Å². The molecule has 0 unspecified atom stereocenters. The minimum atomic E-state index is -0.375. The Morgan fingerprint density at radius 2 is 2.04 bits per heavy atom. The molecule has 0 saturated heterocycles. The largest absolute Gasteiger partial charge is 0.466 e. The van der Waals surface area contributed by atoms with Gasteiger partial charge >= 0.3 is 12.0 Å². The second-order valence-electron chi connectivity index (χ2n) is 7.00. The molecule has 0 atom stereocenters. The number of carbonyl (C=O) groups is 2. The van der Waals surface area contributed by atoms with Crippen LogP contribution in [0.2, 0.25) is 0 Å². The summed E-state index contributed by atoms with van der Waals surface area (Å²) in [5.74, 6) is 0.168. The van der Waals surface area contributed by atoms with Crippen LogP contribution >= 0.6 is 11.3 Å². The molecule has 1 aromatic carbocycles. The molecular weight excluding hydrogens is 376 g/mol. The van der Waals surface area contributed by atoms with Crippen molar-refractivity contribution in [1.29, 1.82) is 0 Å². The summed E-state index contributed by atoms with van der Waals surface area (Å²) in [5, 5.41) is 7.79. The van der Waals surface area contributed by atoms with E-state index < -0.39 is 0 Å². The van der Waals surface area contributed by atoms with E-state index in [1.165, 1.54) is 11.3 Å². The summed E-state index contributed by atoms with van der Waals surface area (Å²) in [4.78, 5) is 30.4. The highest BCUT2D eigenvalue weighted by Gasteiger charge is 2.14. The van der Waals surface area contributed by atoms with Crippen molar-refractivity contribution >= 4 is 39.8 Å². The molecule has 2 amide bonds. The summed E-state index contributed by atoms with van der Waals surface area (Å²) in [6, 6.07) is 5.54. The van der Waals surface area contributed by atoms with Crippen LogP contribution in [0.15, 0.2) is 23.6 Å². The maximum absolute atomic E-state index is 12.4. The third-order valence-corrected chi connectivity index (χ3v) is 4.66. The zero-order valence-electron chi connectivity index (χ0n) is 17.0. The van der Waals surface area contributed by atoms with Crippen LogP contribution in [0, 0.1) is 12.8 Å². The summed E-state index contributed by atoms with van der Waals surface area (Å²) < 4.78 is 4.91. The highest BCUT2D eigenvalue weighted by Crippen LogP contribution is 2.27. The first-order valence-corrected chi connectivity index (χ1v) is 10.2. The molecular formula is C20H28N4O3S. The second kappa shape index (κ2) is 10.1. The third kappa shape index (κ3) is 6.53. The summed E-state index contributed by atoms with van der Waals surface area (Å²) in [7, 11) is 2.01. The number of amides is 2. The molecule has 0 aliphatic heterocycles. The lowest BCUT2D eigenvalue weighted by Crippen LogP contribution is -2.26. The van der Waals surface area contributed by atoms with Gasteiger partial charge in [-0.3, -0.25) is 10.1 Å². The highest BCUT2D eigenvalue weighted by atomic mass is 32.1. The van der Waals surface area contributed by atoms with E-state index in [-0.39, 0.29) is 18.4 Å². The highest BCUT2D eigenvalue weighted by molar-refractivity contribution is 7.14. The van der Waals surface area contributed by atoms with E-state index in [2.05, 4.69) is 40.4 Å². The maximum Gasteiger partial charge on any atom is 0.325 e. The molecule has 0 bridgehead atoms. The van der Waals surface area contributed by atoms with Crippen molar-refractivity contribution in [2.24, 2.45) is 5.92 Å². The van der Waals surface area contributed by atoms with Crippen LogP contribution in [0.3, 0.4) is 0 Å². The number of hydrogen-bond acceptors (Lipinski definition) is 6. The van der Waals surface area contributed by atoms with Crippen LogP contribution in [0.5, 0.6) is 0 Å². The van der Waals surface area contributed by atoms with Gasteiger partial charge in [-0.1, -0.05) is 19.9 Å². The molecule has 2 rings (SSSR count). The van der Waals surface area contributed by atoms with E-state index in [1.807, 2.05) is 26.1 Å². The van der Waals surface area contributed by atoms with Crippen molar-refractivity contribution in [1.82, 2.24) is 4.98 Å². The number of carbonyl (C=O) groups excluding carboxylic acids is 2. The lowest BCUT2D eigenvalue weighted by Gasteiger charge is -2.25. The Balaban J connectivity index is 2.03. The van der Waals surface area contributed by atoms with Crippen molar-refractivity contribution in [2.75, 3.05) is 35.7 Å². The number of benzene rings is 1. The molecule has 152 valence electrons. The van der Waals surface area contributed by atoms with Crippen molar-refractivity contribution < 1.29 is 14.3 Å². The first kappa shape index (κ1) is 21.7. The van der Waals surface area contributed by atoms with Gasteiger partial charge in [-0.05, 0) is 37.5 Å². The van der Waals surface area contributed by atoms with Gasteiger partial charge in [-0.15, -0.1) is 11.3 Å². The van der Waals surface area contributed by atoms with Crippen molar-refractivity contribution in [3.8, 4) is 0 Å². The summed E-state index contributed by atoms with van der Waals surface area (Å²) in [6.07, 6.45) is 0.0930. The van der Waals surface area contributed by atoms with Crippen LogP contribution in [0.4, 0.5) is 21.3 Å². The average Bonchev–Trinajstić information content (AvgIpc) is 3.02. The molecule has 0 spiro atoms. The number of esters is 1. The molecule has 0 saturated carbocycles. The Kier molecular flexibility index (Phi) is 7.80. The van der Waals surface area contributed by atoms with E-state index in [1.54, 1.807) is 12.3 Å². The monoisotopic (exact) mass is 404 g/mol. The smallest absolute Gasteiger partial charge is 0.325 e. The Bertz CT molecular complexity index is 820. The van der Waals surface area contributed by atoms with E-state index in [9.17, 15) is 9.59 Å². The van der Waals surface area contributed by atoms with Crippen LogP contribution in [-0.4, -0.2) is 37.2 Å². The van der Waals surface area contributed by atoms with Crippen LogP contribution < -0.4 is 15.5 Å². The fourth-order valence-electron chi connectivity index (χ4n) is 2.77. The number of ether oxygens (including phenoxy) is 1. The normalized spacial score (nSPS) is 10.6.